The summed E-state index contributed by atoms with van der Waals surface area (Å²) >= 11 is 7.02. The summed E-state index contributed by atoms with van der Waals surface area (Å²) in [5, 5.41) is 2.17. The number of amides is 1. The van der Waals surface area contributed by atoms with Gasteiger partial charge in [-0.1, -0.05) is 11.6 Å². The summed E-state index contributed by atoms with van der Waals surface area (Å²) in [5.74, 6) is -2.49. The van der Waals surface area contributed by atoms with Crippen LogP contribution in [0.1, 0.15) is 10.4 Å². The normalized spacial score (nSPS) is 18.1. The van der Waals surface area contributed by atoms with Crippen molar-refractivity contribution in [3.8, 4) is 0 Å². The molecule has 1 amide bonds. The third kappa shape index (κ3) is 1.83. The van der Waals surface area contributed by atoms with Crippen molar-refractivity contribution in [1.29, 1.82) is 0 Å². The first-order valence-corrected chi connectivity index (χ1v) is 6.78. The number of hydrogen-bond acceptors (Lipinski definition) is 6. The van der Waals surface area contributed by atoms with E-state index < -0.39 is 17.6 Å². The summed E-state index contributed by atoms with van der Waals surface area (Å²) in [5.41, 5.74) is 0.182. The van der Waals surface area contributed by atoms with Crippen molar-refractivity contribution < 1.29 is 14.4 Å². The topological polar surface area (TPSA) is 80.2 Å². The molecule has 0 fully saturated rings. The number of carbonyl (C=O) groups is 3. The molecule has 8 heteroatoms. The highest BCUT2D eigenvalue weighted by molar-refractivity contribution is 7.14. The van der Waals surface area contributed by atoms with E-state index in [0.717, 1.165) is 4.90 Å². The number of hydrogen-bond donors (Lipinski definition) is 0. The number of anilines is 2. The van der Waals surface area contributed by atoms with E-state index in [1.54, 1.807) is 5.38 Å². The van der Waals surface area contributed by atoms with Crippen LogP contribution >= 0.6 is 22.9 Å². The van der Waals surface area contributed by atoms with Gasteiger partial charge >= 0.3 is 0 Å². The molecule has 0 radical (unpaired) electrons. The van der Waals surface area contributed by atoms with Gasteiger partial charge in [-0.25, -0.2) is 14.9 Å². The molecule has 100 valence electrons. The first kappa shape index (κ1) is 12.9. The van der Waals surface area contributed by atoms with Gasteiger partial charge in [-0.2, -0.15) is 0 Å². The molecule has 0 saturated heterocycles. The molecule has 3 rings (SSSR count). The zero-order valence-electron chi connectivity index (χ0n) is 9.82. The van der Waals surface area contributed by atoms with Crippen LogP contribution < -0.4 is 4.90 Å². The smallest absolute Gasteiger partial charge is 0.252 e. The van der Waals surface area contributed by atoms with E-state index in [2.05, 4.69) is 9.97 Å². The Hall–Kier alpha value is -2.12. The van der Waals surface area contributed by atoms with Gasteiger partial charge in [0.15, 0.2) is 22.7 Å². The fourth-order valence-electron chi connectivity index (χ4n) is 1.94. The van der Waals surface area contributed by atoms with Crippen LogP contribution in [0.15, 0.2) is 23.7 Å². The molecular formula is C12H6ClN3O3S. The highest BCUT2D eigenvalue weighted by Crippen LogP contribution is 2.36. The van der Waals surface area contributed by atoms with Crippen LogP contribution in [0.5, 0.6) is 0 Å². The number of ketones is 1. The first-order valence-electron chi connectivity index (χ1n) is 5.53. The van der Waals surface area contributed by atoms with Gasteiger partial charge in [0.1, 0.15) is 11.4 Å². The van der Waals surface area contributed by atoms with Crippen molar-refractivity contribution >= 4 is 51.9 Å². The van der Waals surface area contributed by atoms with Crippen molar-refractivity contribution in [2.24, 2.45) is 5.92 Å². The van der Waals surface area contributed by atoms with Crippen LogP contribution in [0, 0.1) is 5.92 Å². The highest BCUT2D eigenvalue weighted by atomic mass is 35.5. The number of halogens is 1. The maximum Gasteiger partial charge on any atom is 0.252 e. The summed E-state index contributed by atoms with van der Waals surface area (Å²) in [6.45, 7) is 0. The lowest BCUT2D eigenvalue weighted by Gasteiger charge is -2.28. The van der Waals surface area contributed by atoms with E-state index >= 15 is 0 Å². The number of rotatable bonds is 2. The van der Waals surface area contributed by atoms with Gasteiger partial charge in [0.05, 0.1) is 5.56 Å². The molecule has 1 unspecified atom stereocenters. The number of Topliss-reactive ketones (excluding diaryl/α,β-unsaturated/α-hetero) is 1. The third-order valence-corrected chi connectivity index (χ3v) is 3.80. The molecule has 0 saturated carbocycles. The van der Waals surface area contributed by atoms with Gasteiger partial charge in [0, 0.05) is 11.6 Å². The average Bonchev–Trinajstić information content (AvgIpc) is 2.93. The summed E-state index contributed by atoms with van der Waals surface area (Å²) in [6, 6.07) is 2.90. The van der Waals surface area contributed by atoms with Gasteiger partial charge < -0.3 is 4.79 Å². The zero-order valence-corrected chi connectivity index (χ0v) is 11.4. The molecular weight excluding hydrogens is 302 g/mol. The largest absolute Gasteiger partial charge is 0.302 e. The molecule has 0 aromatic carbocycles. The van der Waals surface area contributed by atoms with Gasteiger partial charge in [0.25, 0.3) is 5.91 Å². The average molecular weight is 308 g/mol. The molecule has 6 nitrogen and oxygen atoms in total. The van der Waals surface area contributed by atoms with Crippen molar-refractivity contribution in [3.63, 3.8) is 0 Å². The minimum Gasteiger partial charge on any atom is -0.302 e. The third-order valence-electron chi connectivity index (χ3n) is 2.83. The molecule has 20 heavy (non-hydrogen) atoms. The maximum atomic E-state index is 12.3. The van der Waals surface area contributed by atoms with Crippen LogP contribution in [0.3, 0.4) is 0 Å². The Balaban J connectivity index is 2.26. The van der Waals surface area contributed by atoms with Crippen LogP contribution in [-0.2, 0) is 9.59 Å². The number of fused-ring (bicyclic) bond motifs is 1. The number of thiazole rings is 1. The Morgan fingerprint density at radius 1 is 1.35 bits per heavy atom. The minimum absolute atomic E-state index is 0.112. The van der Waals surface area contributed by atoms with E-state index in [4.69, 9.17) is 11.6 Å². The number of aldehydes is 1. The monoisotopic (exact) mass is 307 g/mol. The minimum atomic E-state index is -1.37. The molecule has 2 aromatic heterocycles. The zero-order chi connectivity index (χ0) is 14.3. The second kappa shape index (κ2) is 4.77. The maximum absolute atomic E-state index is 12.3. The molecule has 0 N–H and O–H groups in total. The summed E-state index contributed by atoms with van der Waals surface area (Å²) in [6.07, 6.45) is 1.85. The second-order valence-corrected chi connectivity index (χ2v) is 5.23. The lowest BCUT2D eigenvalue weighted by atomic mass is 9.94. The van der Waals surface area contributed by atoms with Gasteiger partial charge in [0.2, 0.25) is 0 Å². The highest BCUT2D eigenvalue weighted by Gasteiger charge is 2.42. The van der Waals surface area contributed by atoms with E-state index in [0.29, 0.717) is 11.4 Å². The van der Waals surface area contributed by atoms with Crippen LogP contribution in [0.4, 0.5) is 10.9 Å². The van der Waals surface area contributed by atoms with Gasteiger partial charge in [-0.3, -0.25) is 9.59 Å². The Bertz CT molecular complexity index is 717. The molecule has 3 heterocycles. The quantitative estimate of drug-likeness (QED) is 0.480. The first-order chi connectivity index (χ1) is 9.63. The Labute approximate surface area is 122 Å². The van der Waals surface area contributed by atoms with Crippen molar-refractivity contribution in [2.45, 2.75) is 0 Å². The lowest BCUT2D eigenvalue weighted by molar-refractivity contribution is -0.124. The van der Waals surface area contributed by atoms with Crippen LogP contribution in [0.25, 0.3) is 0 Å². The Morgan fingerprint density at radius 3 is 2.80 bits per heavy atom. The van der Waals surface area contributed by atoms with E-state index in [1.807, 2.05) is 0 Å². The predicted molar refractivity (Wildman–Crippen MR) is 72.4 cm³/mol. The number of pyridine rings is 1. The van der Waals surface area contributed by atoms with Crippen molar-refractivity contribution in [2.75, 3.05) is 4.90 Å². The fourth-order valence-corrected chi connectivity index (χ4v) is 2.73. The van der Waals surface area contributed by atoms with Crippen LogP contribution in [0.2, 0.25) is 5.15 Å². The molecule has 0 bridgehead atoms. The molecule has 0 aliphatic carbocycles. The summed E-state index contributed by atoms with van der Waals surface area (Å²) < 4.78 is 0. The summed E-state index contributed by atoms with van der Waals surface area (Å²) in [7, 11) is 0. The van der Waals surface area contributed by atoms with Crippen molar-refractivity contribution in [3.05, 3.63) is 34.4 Å². The number of aromatic nitrogens is 2. The Morgan fingerprint density at radius 2 is 2.15 bits per heavy atom. The standard InChI is InChI=1S/C12H6ClN3O3S/c13-8-2-1-6-9(18)7(5-17)11(19)16(10(6)15-8)12-14-3-4-20-12/h1-5,7H. The van der Waals surface area contributed by atoms with E-state index in [-0.39, 0.29) is 16.5 Å². The Kier molecular flexibility index (Phi) is 3.07. The van der Waals surface area contributed by atoms with E-state index in [9.17, 15) is 14.4 Å². The SMILES string of the molecule is O=CC1C(=O)c2ccc(Cl)nc2N(c2nccs2)C1=O. The number of carbonyl (C=O) groups excluding carboxylic acids is 3. The molecule has 1 aliphatic rings. The van der Waals surface area contributed by atoms with Gasteiger partial charge in [-0.05, 0) is 12.1 Å². The van der Waals surface area contributed by atoms with Gasteiger partial charge in [-0.15, -0.1) is 11.3 Å². The second-order valence-electron chi connectivity index (χ2n) is 3.97. The fraction of sp³-hybridized carbons (Fsp3) is 0.0833. The molecule has 1 atom stereocenters. The summed E-state index contributed by atoms with van der Waals surface area (Å²) in [4.78, 5) is 44.6. The predicted octanol–water partition coefficient (Wildman–Crippen LogP) is 1.87. The van der Waals surface area contributed by atoms with E-state index in [1.165, 1.54) is 29.7 Å². The lowest BCUT2D eigenvalue weighted by Crippen LogP contribution is -2.43. The molecule has 2 aromatic rings. The number of nitrogens with zero attached hydrogens (tertiary/aromatic N) is 3. The van der Waals surface area contributed by atoms with Crippen LogP contribution in [-0.4, -0.2) is 27.9 Å². The molecule has 0 spiro atoms. The molecule has 1 aliphatic heterocycles. The van der Waals surface area contributed by atoms with Crippen molar-refractivity contribution in [1.82, 2.24) is 9.97 Å².